The van der Waals surface area contributed by atoms with Gasteiger partial charge in [0.2, 0.25) is 0 Å². The van der Waals surface area contributed by atoms with Gasteiger partial charge in [-0.3, -0.25) is 9.36 Å². The molecule has 0 spiro atoms. The molecule has 0 aliphatic rings. The van der Waals surface area contributed by atoms with E-state index in [0.717, 1.165) is 11.3 Å². The molecule has 10 heteroatoms. The molecule has 0 aliphatic carbocycles. The summed E-state index contributed by atoms with van der Waals surface area (Å²) in [6.07, 6.45) is 3.57. The van der Waals surface area contributed by atoms with Gasteiger partial charge in [0.15, 0.2) is 11.5 Å². The van der Waals surface area contributed by atoms with E-state index in [-0.39, 0.29) is 16.0 Å². The number of nitrogens with zero attached hydrogens (tertiary/aromatic N) is 4. The lowest BCUT2D eigenvalue weighted by Gasteiger charge is -2.15. The van der Waals surface area contributed by atoms with E-state index in [2.05, 4.69) is 19.9 Å². The zero-order chi connectivity index (χ0) is 23.7. The predicted octanol–water partition coefficient (Wildman–Crippen LogP) is 5.24. The summed E-state index contributed by atoms with van der Waals surface area (Å²) < 4.78 is 15.3. The number of halogens is 3. The summed E-state index contributed by atoms with van der Waals surface area (Å²) in [6.45, 7) is 3.86. The van der Waals surface area contributed by atoms with Crippen LogP contribution in [-0.4, -0.2) is 24.5 Å². The second-order valence-electron chi connectivity index (χ2n) is 7.30. The fourth-order valence-corrected chi connectivity index (χ4v) is 4.10. The molecule has 0 unspecified atom stereocenters. The van der Waals surface area contributed by atoms with Crippen LogP contribution in [0.1, 0.15) is 18.2 Å². The van der Waals surface area contributed by atoms with Crippen LogP contribution < -0.4 is 11.3 Å². The number of anilines is 1. The number of hydrogen-bond acceptors (Lipinski definition) is 5. The molecule has 33 heavy (non-hydrogen) atoms. The maximum Gasteiger partial charge on any atom is 0.264 e. The van der Waals surface area contributed by atoms with Gasteiger partial charge in [-0.2, -0.15) is 0 Å². The molecule has 0 radical (unpaired) electrons. The SMILES string of the molecule is CCc1cc2ccc(F)c(Cl)c2c(=O)n1-c1cc(C)cc(Cl)c1.Nc1ncnc2nc[nH]c12. The first-order valence-electron chi connectivity index (χ1n) is 10.00. The normalized spacial score (nSPS) is 10.9. The Kier molecular flexibility index (Phi) is 6.31. The average Bonchev–Trinajstić information content (AvgIpc) is 3.26. The van der Waals surface area contributed by atoms with Crippen molar-refractivity contribution in [3.8, 4) is 5.69 Å². The summed E-state index contributed by atoms with van der Waals surface area (Å²) in [5, 5.41) is 1.21. The minimum absolute atomic E-state index is 0.150. The van der Waals surface area contributed by atoms with Crippen LogP contribution in [0.3, 0.4) is 0 Å². The summed E-state index contributed by atoms with van der Waals surface area (Å²) in [4.78, 5) is 27.3. The minimum Gasteiger partial charge on any atom is -0.382 e. The first-order valence-corrected chi connectivity index (χ1v) is 10.8. The molecule has 5 aromatic rings. The van der Waals surface area contributed by atoms with E-state index in [0.29, 0.717) is 39.5 Å². The number of benzene rings is 2. The third kappa shape index (κ3) is 4.40. The van der Waals surface area contributed by atoms with Gasteiger partial charge in [-0.15, -0.1) is 0 Å². The molecule has 0 fully saturated rings. The molecule has 0 atom stereocenters. The van der Waals surface area contributed by atoms with E-state index in [1.807, 2.05) is 32.0 Å². The van der Waals surface area contributed by atoms with Crippen LogP contribution in [0.4, 0.5) is 10.2 Å². The number of imidazole rings is 1. The quantitative estimate of drug-likeness (QED) is 0.356. The zero-order valence-electron chi connectivity index (χ0n) is 17.7. The molecule has 0 bridgehead atoms. The fraction of sp³-hybridized carbons (Fsp3) is 0.130. The number of fused-ring (bicyclic) bond motifs is 2. The molecular weight excluding hydrogens is 466 g/mol. The van der Waals surface area contributed by atoms with E-state index < -0.39 is 5.82 Å². The molecule has 0 aliphatic heterocycles. The molecule has 0 saturated carbocycles. The highest BCUT2D eigenvalue weighted by atomic mass is 35.5. The van der Waals surface area contributed by atoms with Crippen molar-refractivity contribution in [1.29, 1.82) is 0 Å². The van der Waals surface area contributed by atoms with Gasteiger partial charge in [-0.1, -0.05) is 36.2 Å². The van der Waals surface area contributed by atoms with E-state index >= 15 is 0 Å². The monoisotopic (exact) mass is 484 g/mol. The molecule has 168 valence electrons. The van der Waals surface area contributed by atoms with Gasteiger partial charge in [0, 0.05) is 10.7 Å². The third-order valence-corrected chi connectivity index (χ3v) is 5.64. The van der Waals surface area contributed by atoms with Gasteiger partial charge in [-0.05, 0) is 54.6 Å². The van der Waals surface area contributed by atoms with Gasteiger partial charge in [0.05, 0.1) is 22.4 Å². The molecule has 3 heterocycles. The maximum atomic E-state index is 13.8. The number of H-pyrrole nitrogens is 1. The molecule has 0 saturated heterocycles. The van der Waals surface area contributed by atoms with Crippen molar-refractivity contribution in [2.45, 2.75) is 20.3 Å². The number of hydrogen-bond donors (Lipinski definition) is 2. The van der Waals surface area contributed by atoms with Gasteiger partial charge in [-0.25, -0.2) is 19.3 Å². The highest BCUT2D eigenvalue weighted by molar-refractivity contribution is 6.35. The second-order valence-corrected chi connectivity index (χ2v) is 8.12. The van der Waals surface area contributed by atoms with Crippen molar-refractivity contribution >= 4 is 51.0 Å². The lowest BCUT2D eigenvalue weighted by molar-refractivity contribution is 0.630. The Morgan fingerprint density at radius 1 is 1.12 bits per heavy atom. The molecule has 2 aromatic carbocycles. The molecule has 7 nitrogen and oxygen atoms in total. The lowest BCUT2D eigenvalue weighted by Crippen LogP contribution is -2.22. The van der Waals surface area contributed by atoms with E-state index in [4.69, 9.17) is 28.9 Å². The Labute approximate surface area is 198 Å². The molecule has 3 aromatic heterocycles. The first-order chi connectivity index (χ1) is 15.8. The Bertz CT molecular complexity index is 1530. The van der Waals surface area contributed by atoms with Crippen molar-refractivity contribution in [3.05, 3.63) is 86.5 Å². The Hall–Kier alpha value is -3.49. The van der Waals surface area contributed by atoms with Crippen LogP contribution >= 0.6 is 23.2 Å². The van der Waals surface area contributed by atoms with Gasteiger partial charge >= 0.3 is 0 Å². The number of aromatic nitrogens is 5. The van der Waals surface area contributed by atoms with Gasteiger partial charge < -0.3 is 10.7 Å². The zero-order valence-corrected chi connectivity index (χ0v) is 19.2. The summed E-state index contributed by atoms with van der Waals surface area (Å²) >= 11 is 12.2. The largest absolute Gasteiger partial charge is 0.382 e. The summed E-state index contributed by atoms with van der Waals surface area (Å²) in [5.74, 6) is -0.170. The van der Waals surface area contributed by atoms with Crippen LogP contribution in [0.25, 0.3) is 27.6 Å². The van der Waals surface area contributed by atoms with Gasteiger partial charge in [0.25, 0.3) is 5.56 Å². The Morgan fingerprint density at radius 3 is 2.61 bits per heavy atom. The maximum absolute atomic E-state index is 13.8. The highest BCUT2D eigenvalue weighted by Crippen LogP contribution is 2.26. The van der Waals surface area contributed by atoms with Gasteiger partial charge in [0.1, 0.15) is 17.7 Å². The summed E-state index contributed by atoms with van der Waals surface area (Å²) in [5.41, 5.74) is 8.84. The smallest absolute Gasteiger partial charge is 0.264 e. The van der Waals surface area contributed by atoms with Crippen LogP contribution in [0.2, 0.25) is 10.0 Å². The predicted molar refractivity (Wildman–Crippen MR) is 130 cm³/mol. The van der Waals surface area contributed by atoms with E-state index in [1.54, 1.807) is 16.7 Å². The number of pyridine rings is 1. The lowest BCUT2D eigenvalue weighted by atomic mass is 10.1. The number of aryl methyl sites for hydroxylation is 2. The van der Waals surface area contributed by atoms with Crippen molar-refractivity contribution in [2.24, 2.45) is 0 Å². The first kappa shape index (κ1) is 22.7. The number of rotatable bonds is 2. The van der Waals surface area contributed by atoms with Crippen LogP contribution in [0, 0.1) is 12.7 Å². The van der Waals surface area contributed by atoms with Crippen molar-refractivity contribution in [1.82, 2.24) is 24.5 Å². The van der Waals surface area contributed by atoms with E-state index in [1.165, 1.54) is 18.7 Å². The highest BCUT2D eigenvalue weighted by Gasteiger charge is 2.15. The second kappa shape index (κ2) is 9.17. The van der Waals surface area contributed by atoms with Crippen LogP contribution in [-0.2, 0) is 6.42 Å². The topological polar surface area (TPSA) is 102 Å². The van der Waals surface area contributed by atoms with Crippen molar-refractivity contribution in [2.75, 3.05) is 5.73 Å². The molecular formula is C23H19Cl2FN6O. The van der Waals surface area contributed by atoms with E-state index in [9.17, 15) is 9.18 Å². The number of nitrogens with two attached hydrogens (primary N) is 1. The third-order valence-electron chi connectivity index (χ3n) is 5.05. The van der Waals surface area contributed by atoms with Crippen molar-refractivity contribution in [3.63, 3.8) is 0 Å². The fourth-order valence-electron chi connectivity index (χ4n) is 3.56. The summed E-state index contributed by atoms with van der Waals surface area (Å²) in [7, 11) is 0. The minimum atomic E-state index is -0.602. The number of nitrogen functional groups attached to an aromatic ring is 1. The average molecular weight is 485 g/mol. The molecule has 0 amide bonds. The Morgan fingerprint density at radius 2 is 1.91 bits per heavy atom. The Balaban J connectivity index is 0.000000214. The molecule has 3 N–H and O–H groups in total. The molecule has 5 rings (SSSR count). The number of aromatic amines is 1. The van der Waals surface area contributed by atoms with Crippen LogP contribution in [0.15, 0.2) is 53.8 Å². The standard InChI is InChI=1S/C18H14Cl2FNO.C5H5N5/c1-3-13-8-11-4-5-15(21)17(20)16(11)18(23)22(13)14-7-10(2)6-12(19)9-14;6-4-3-5(9-1-7-3)10-2-8-4/h4-9H,3H2,1-2H3;1-2H,(H3,6,7,8,9,10). The number of nitrogens with one attached hydrogen (secondary N) is 1. The van der Waals surface area contributed by atoms with Crippen LogP contribution in [0.5, 0.6) is 0 Å². The van der Waals surface area contributed by atoms with Crippen molar-refractivity contribution < 1.29 is 4.39 Å². The summed E-state index contributed by atoms with van der Waals surface area (Å²) in [6, 6.07) is 10.1.